The molecule has 5 heteroatoms. The quantitative estimate of drug-likeness (QED) is 0.112. The molecule has 0 bridgehead atoms. The van der Waals surface area contributed by atoms with E-state index in [9.17, 15) is 9.59 Å². The molecule has 0 aromatic heterocycles. The largest absolute Gasteiger partial charge is 0.493 e. The molecule has 0 amide bonds. The highest BCUT2D eigenvalue weighted by molar-refractivity contribution is 5.92. The van der Waals surface area contributed by atoms with Gasteiger partial charge in [0.25, 0.3) is 0 Å². The van der Waals surface area contributed by atoms with Gasteiger partial charge in [-0.2, -0.15) is 0 Å². The molecule has 3 aromatic rings. The van der Waals surface area contributed by atoms with Crippen molar-refractivity contribution in [3.05, 3.63) is 83.4 Å². The van der Waals surface area contributed by atoms with E-state index in [-0.39, 0.29) is 5.97 Å². The molecular weight excluding hydrogens is 488 g/mol. The normalized spacial score (nSPS) is 11.6. The molecule has 3 aromatic carbocycles. The first-order valence-electron chi connectivity index (χ1n) is 14.2. The number of carbonyl (C=O) groups excluding carboxylic acids is 2. The van der Waals surface area contributed by atoms with Crippen molar-refractivity contribution in [1.29, 1.82) is 0 Å². The van der Waals surface area contributed by atoms with Crippen molar-refractivity contribution in [2.24, 2.45) is 5.92 Å². The van der Waals surface area contributed by atoms with Crippen LogP contribution >= 0.6 is 0 Å². The highest BCUT2D eigenvalue weighted by atomic mass is 16.5. The van der Waals surface area contributed by atoms with E-state index < -0.39 is 5.97 Å². The summed E-state index contributed by atoms with van der Waals surface area (Å²) in [6, 6.07) is 20.0. The van der Waals surface area contributed by atoms with Gasteiger partial charge in [-0.15, -0.1) is 0 Å². The van der Waals surface area contributed by atoms with Crippen molar-refractivity contribution in [3.8, 4) is 22.6 Å². The molecule has 0 fully saturated rings. The molecule has 1 atom stereocenters. The van der Waals surface area contributed by atoms with Crippen molar-refractivity contribution < 1.29 is 23.8 Å². The van der Waals surface area contributed by atoms with Crippen LogP contribution in [0.2, 0.25) is 0 Å². The lowest BCUT2D eigenvalue weighted by Gasteiger charge is -2.13. The topological polar surface area (TPSA) is 61.8 Å². The van der Waals surface area contributed by atoms with E-state index in [1.54, 1.807) is 36.4 Å². The Balaban J connectivity index is 1.50. The lowest BCUT2D eigenvalue weighted by Crippen LogP contribution is -2.10. The average molecular weight is 531 g/mol. The molecule has 0 saturated heterocycles. The molecule has 0 aliphatic rings. The Morgan fingerprint density at radius 2 is 1.36 bits per heavy atom. The zero-order chi connectivity index (χ0) is 28.0. The minimum Gasteiger partial charge on any atom is -0.493 e. The van der Waals surface area contributed by atoms with Crippen LogP contribution in [0.3, 0.4) is 0 Å². The number of carbonyl (C=O) groups is 2. The first-order chi connectivity index (χ1) is 18.9. The molecule has 0 spiro atoms. The molecule has 0 radical (unpaired) electrons. The van der Waals surface area contributed by atoms with Crippen LogP contribution in [0.25, 0.3) is 11.1 Å². The molecule has 0 saturated carbocycles. The minimum atomic E-state index is -0.414. The number of aryl methyl sites for hydroxylation is 1. The second-order valence-electron chi connectivity index (χ2n) is 10.2. The molecule has 0 aliphatic heterocycles. The van der Waals surface area contributed by atoms with Crippen molar-refractivity contribution in [2.45, 2.75) is 72.6 Å². The number of rotatable bonds is 15. The Morgan fingerprint density at radius 3 is 2.00 bits per heavy atom. The summed E-state index contributed by atoms with van der Waals surface area (Å²) in [5.74, 6) is 1.03. The molecule has 0 aliphatic carbocycles. The summed E-state index contributed by atoms with van der Waals surface area (Å²) in [6.45, 7) is 9.53. The van der Waals surface area contributed by atoms with E-state index in [0.717, 1.165) is 41.7 Å². The first kappa shape index (κ1) is 29.9. The zero-order valence-corrected chi connectivity index (χ0v) is 23.8. The Bertz CT molecular complexity index is 1180. The number of unbranched alkanes of at least 4 members (excludes halogenated alkanes) is 5. The zero-order valence-electron chi connectivity index (χ0n) is 23.8. The maximum atomic E-state index is 12.7. The molecule has 0 heterocycles. The fourth-order valence-corrected chi connectivity index (χ4v) is 4.10. The van der Waals surface area contributed by atoms with Gasteiger partial charge in [0.05, 0.1) is 24.3 Å². The van der Waals surface area contributed by atoms with Gasteiger partial charge in [-0.25, -0.2) is 9.59 Å². The maximum absolute atomic E-state index is 12.7. The summed E-state index contributed by atoms with van der Waals surface area (Å²) in [5, 5.41) is 0. The van der Waals surface area contributed by atoms with Gasteiger partial charge in [0.2, 0.25) is 0 Å². The fourth-order valence-electron chi connectivity index (χ4n) is 4.10. The van der Waals surface area contributed by atoms with Gasteiger partial charge in [-0.05, 0) is 78.4 Å². The van der Waals surface area contributed by atoms with E-state index in [4.69, 9.17) is 14.2 Å². The number of benzene rings is 3. The first-order valence-corrected chi connectivity index (χ1v) is 14.2. The monoisotopic (exact) mass is 530 g/mol. The van der Waals surface area contributed by atoms with Crippen molar-refractivity contribution in [1.82, 2.24) is 0 Å². The summed E-state index contributed by atoms with van der Waals surface area (Å²) in [5.41, 5.74) is 3.84. The second kappa shape index (κ2) is 15.7. The van der Waals surface area contributed by atoms with Gasteiger partial charge in [0.15, 0.2) is 0 Å². The van der Waals surface area contributed by atoms with Crippen LogP contribution in [-0.4, -0.2) is 25.2 Å². The third-order valence-electron chi connectivity index (χ3n) is 6.88. The highest BCUT2D eigenvalue weighted by Gasteiger charge is 2.12. The molecule has 3 rings (SSSR count). The lowest BCUT2D eigenvalue weighted by atomic mass is 10.0. The van der Waals surface area contributed by atoms with E-state index in [1.807, 2.05) is 37.3 Å². The molecule has 208 valence electrons. The van der Waals surface area contributed by atoms with E-state index in [0.29, 0.717) is 36.0 Å². The summed E-state index contributed by atoms with van der Waals surface area (Å²) < 4.78 is 16.9. The van der Waals surface area contributed by atoms with E-state index in [1.165, 1.54) is 25.7 Å². The predicted octanol–water partition coefficient (Wildman–Crippen LogP) is 8.82. The van der Waals surface area contributed by atoms with Crippen LogP contribution in [0.5, 0.6) is 11.5 Å². The number of ether oxygens (including phenoxy) is 3. The Kier molecular flexibility index (Phi) is 12.1. The van der Waals surface area contributed by atoms with Crippen LogP contribution in [0, 0.1) is 12.8 Å². The summed E-state index contributed by atoms with van der Waals surface area (Å²) in [6.07, 6.45) is 7.99. The third kappa shape index (κ3) is 9.58. The number of hydrogen-bond acceptors (Lipinski definition) is 5. The van der Waals surface area contributed by atoms with Crippen LogP contribution in [0.4, 0.5) is 0 Å². The van der Waals surface area contributed by atoms with Crippen molar-refractivity contribution >= 4 is 11.9 Å². The molecule has 5 nitrogen and oxygen atoms in total. The van der Waals surface area contributed by atoms with Gasteiger partial charge in [0, 0.05) is 0 Å². The summed E-state index contributed by atoms with van der Waals surface area (Å²) >= 11 is 0. The highest BCUT2D eigenvalue weighted by Crippen LogP contribution is 2.25. The number of hydrogen-bond donors (Lipinski definition) is 0. The Hall–Kier alpha value is -3.60. The van der Waals surface area contributed by atoms with Gasteiger partial charge in [-0.3, -0.25) is 0 Å². The molecule has 39 heavy (non-hydrogen) atoms. The Labute approximate surface area is 233 Å². The smallest absolute Gasteiger partial charge is 0.343 e. The average Bonchev–Trinajstić information content (AvgIpc) is 2.96. The van der Waals surface area contributed by atoms with Crippen LogP contribution < -0.4 is 9.47 Å². The van der Waals surface area contributed by atoms with Gasteiger partial charge < -0.3 is 14.2 Å². The van der Waals surface area contributed by atoms with Crippen LogP contribution in [-0.2, 0) is 4.74 Å². The lowest BCUT2D eigenvalue weighted by molar-refractivity contribution is 0.0497. The van der Waals surface area contributed by atoms with Gasteiger partial charge >= 0.3 is 11.9 Å². The van der Waals surface area contributed by atoms with Gasteiger partial charge in [0.1, 0.15) is 11.5 Å². The molecular formula is C34H42O5. The summed E-state index contributed by atoms with van der Waals surface area (Å²) in [4.78, 5) is 25.0. The molecule has 0 N–H and O–H groups in total. The van der Waals surface area contributed by atoms with E-state index >= 15 is 0 Å². The third-order valence-corrected chi connectivity index (χ3v) is 6.88. The Morgan fingerprint density at radius 1 is 0.744 bits per heavy atom. The SMILES string of the molecule is CCCCCCCCOC(=O)c1ccc(-c2ccc(OC(=O)c3ccc(OCC(C)CC)c(C)c3)cc2)cc1. The van der Waals surface area contributed by atoms with Crippen LogP contribution in [0.15, 0.2) is 66.7 Å². The van der Waals surface area contributed by atoms with E-state index in [2.05, 4.69) is 20.8 Å². The number of esters is 2. The maximum Gasteiger partial charge on any atom is 0.343 e. The second-order valence-corrected chi connectivity index (χ2v) is 10.2. The van der Waals surface area contributed by atoms with Crippen LogP contribution in [0.1, 0.15) is 92.0 Å². The fraction of sp³-hybridized carbons (Fsp3) is 0.412. The molecule has 1 unspecified atom stereocenters. The van der Waals surface area contributed by atoms with Gasteiger partial charge in [-0.1, -0.05) is 83.6 Å². The summed E-state index contributed by atoms with van der Waals surface area (Å²) in [7, 11) is 0. The van der Waals surface area contributed by atoms with Crippen molar-refractivity contribution in [3.63, 3.8) is 0 Å². The predicted molar refractivity (Wildman–Crippen MR) is 157 cm³/mol. The standard InChI is InChI=1S/C34H42O5/c1-5-7-8-9-10-11-22-37-33(35)29-14-12-27(13-15-29)28-16-19-31(20-17-28)39-34(36)30-18-21-32(26(4)23-30)38-24-25(3)6-2/h12-21,23,25H,5-11,22,24H2,1-4H3. The minimum absolute atomic E-state index is 0.289. The van der Waals surface area contributed by atoms with Crippen molar-refractivity contribution in [2.75, 3.05) is 13.2 Å².